The number of benzene rings is 2. The van der Waals surface area contributed by atoms with Crippen molar-refractivity contribution in [3.05, 3.63) is 53.6 Å². The molecule has 1 atom stereocenters. The molecule has 132 valence electrons. The zero-order valence-corrected chi connectivity index (χ0v) is 14.7. The van der Waals surface area contributed by atoms with Gasteiger partial charge in [0.2, 0.25) is 11.8 Å². The summed E-state index contributed by atoms with van der Waals surface area (Å²) < 4.78 is 0. The third-order valence-corrected chi connectivity index (χ3v) is 4.44. The SMILES string of the molecule is CC(=O)N1CCc2cc(N[C@@H](C)C(=O)Nc3ccccc3C#N)ccc21. The number of carbonyl (C=O) groups is 2. The van der Waals surface area contributed by atoms with Crippen LogP contribution in [0.1, 0.15) is 25.0 Å². The van der Waals surface area contributed by atoms with E-state index in [1.807, 2.05) is 18.2 Å². The predicted molar refractivity (Wildman–Crippen MR) is 101 cm³/mol. The number of nitrogens with zero attached hydrogens (tertiary/aromatic N) is 2. The van der Waals surface area contributed by atoms with Crippen molar-refractivity contribution in [3.63, 3.8) is 0 Å². The van der Waals surface area contributed by atoms with Gasteiger partial charge in [-0.1, -0.05) is 12.1 Å². The monoisotopic (exact) mass is 348 g/mol. The molecule has 1 aliphatic rings. The molecule has 0 spiro atoms. The number of fused-ring (bicyclic) bond motifs is 1. The first kappa shape index (κ1) is 17.5. The van der Waals surface area contributed by atoms with Gasteiger partial charge in [0.25, 0.3) is 0 Å². The standard InChI is InChI=1S/C20H20N4O2/c1-13(20(26)23-18-6-4-3-5-16(18)12-21)22-17-7-8-19-15(11-17)9-10-24(19)14(2)25/h3-8,11,13,22H,9-10H2,1-2H3,(H,23,26)/t13-/m0/s1. The maximum Gasteiger partial charge on any atom is 0.246 e. The largest absolute Gasteiger partial charge is 0.374 e. The van der Waals surface area contributed by atoms with E-state index in [1.54, 1.807) is 43.0 Å². The molecule has 0 radical (unpaired) electrons. The van der Waals surface area contributed by atoms with Crippen molar-refractivity contribution in [2.75, 3.05) is 22.1 Å². The Bertz CT molecular complexity index is 901. The van der Waals surface area contributed by atoms with E-state index in [0.717, 1.165) is 23.4 Å². The molecule has 6 heteroatoms. The molecule has 2 aromatic rings. The molecular weight excluding hydrogens is 328 g/mol. The summed E-state index contributed by atoms with van der Waals surface area (Å²) in [5.74, 6) is -0.188. The minimum atomic E-state index is -0.481. The van der Waals surface area contributed by atoms with Crippen molar-refractivity contribution in [3.8, 4) is 6.07 Å². The molecule has 0 saturated carbocycles. The predicted octanol–water partition coefficient (Wildman–Crippen LogP) is 2.91. The Kier molecular flexibility index (Phi) is 4.90. The number of carbonyl (C=O) groups excluding carboxylic acids is 2. The Labute approximate surface area is 152 Å². The normalized spacial score (nSPS) is 13.5. The van der Waals surface area contributed by atoms with Crippen LogP contribution in [0.25, 0.3) is 0 Å². The Balaban J connectivity index is 1.68. The minimum absolute atomic E-state index is 0.0355. The molecule has 0 unspecified atom stereocenters. The van der Waals surface area contributed by atoms with Crippen LogP contribution in [0.2, 0.25) is 0 Å². The summed E-state index contributed by atoms with van der Waals surface area (Å²) in [7, 11) is 0. The number of hydrogen-bond donors (Lipinski definition) is 2. The first-order valence-corrected chi connectivity index (χ1v) is 8.47. The number of nitriles is 1. The van der Waals surface area contributed by atoms with E-state index in [-0.39, 0.29) is 11.8 Å². The van der Waals surface area contributed by atoms with Gasteiger partial charge >= 0.3 is 0 Å². The second kappa shape index (κ2) is 7.28. The van der Waals surface area contributed by atoms with Gasteiger partial charge in [0, 0.05) is 24.8 Å². The Hall–Kier alpha value is -3.33. The minimum Gasteiger partial charge on any atom is -0.374 e. The molecule has 1 aliphatic heterocycles. The third-order valence-electron chi connectivity index (χ3n) is 4.44. The summed E-state index contributed by atoms with van der Waals surface area (Å²) in [5, 5.41) is 15.1. The Morgan fingerprint density at radius 2 is 2.00 bits per heavy atom. The van der Waals surface area contributed by atoms with Crippen LogP contribution in [-0.2, 0) is 16.0 Å². The molecule has 0 aliphatic carbocycles. The maximum absolute atomic E-state index is 12.4. The molecule has 0 bridgehead atoms. The Morgan fingerprint density at radius 1 is 1.23 bits per heavy atom. The van der Waals surface area contributed by atoms with Crippen molar-refractivity contribution in [1.82, 2.24) is 0 Å². The molecule has 2 N–H and O–H groups in total. The highest BCUT2D eigenvalue weighted by atomic mass is 16.2. The van der Waals surface area contributed by atoms with Gasteiger partial charge in [-0.25, -0.2) is 0 Å². The van der Waals surface area contributed by atoms with Crippen molar-refractivity contribution in [2.45, 2.75) is 26.3 Å². The van der Waals surface area contributed by atoms with Crippen LogP contribution in [0, 0.1) is 11.3 Å². The van der Waals surface area contributed by atoms with Crippen LogP contribution in [0.4, 0.5) is 17.1 Å². The lowest BCUT2D eigenvalue weighted by Crippen LogP contribution is -2.32. The average molecular weight is 348 g/mol. The Morgan fingerprint density at radius 3 is 2.73 bits per heavy atom. The van der Waals surface area contributed by atoms with E-state index in [2.05, 4.69) is 16.7 Å². The summed E-state index contributed by atoms with van der Waals surface area (Å²) in [5.41, 5.74) is 3.77. The maximum atomic E-state index is 12.4. The topological polar surface area (TPSA) is 85.2 Å². The van der Waals surface area contributed by atoms with Gasteiger partial charge in [-0.05, 0) is 49.2 Å². The van der Waals surface area contributed by atoms with Gasteiger partial charge in [-0.2, -0.15) is 5.26 Å². The zero-order valence-electron chi connectivity index (χ0n) is 14.7. The van der Waals surface area contributed by atoms with E-state index in [1.165, 1.54) is 0 Å². The smallest absolute Gasteiger partial charge is 0.246 e. The number of rotatable bonds is 4. The molecule has 6 nitrogen and oxygen atoms in total. The number of anilines is 3. The lowest BCUT2D eigenvalue weighted by Gasteiger charge is -2.18. The molecule has 3 rings (SSSR count). The summed E-state index contributed by atoms with van der Waals surface area (Å²) in [4.78, 5) is 25.8. The van der Waals surface area contributed by atoms with Crippen molar-refractivity contribution in [1.29, 1.82) is 5.26 Å². The van der Waals surface area contributed by atoms with Gasteiger partial charge in [-0.3, -0.25) is 9.59 Å². The van der Waals surface area contributed by atoms with Crippen LogP contribution in [0.5, 0.6) is 0 Å². The van der Waals surface area contributed by atoms with Crippen LogP contribution in [0.3, 0.4) is 0 Å². The second-order valence-corrected chi connectivity index (χ2v) is 6.28. The fourth-order valence-corrected chi connectivity index (χ4v) is 3.06. The number of hydrogen-bond acceptors (Lipinski definition) is 4. The lowest BCUT2D eigenvalue weighted by molar-refractivity contribution is -0.117. The van der Waals surface area contributed by atoms with Crippen LogP contribution >= 0.6 is 0 Å². The van der Waals surface area contributed by atoms with Crippen LogP contribution in [0.15, 0.2) is 42.5 Å². The van der Waals surface area contributed by atoms with E-state index in [4.69, 9.17) is 5.26 Å². The summed E-state index contributed by atoms with van der Waals surface area (Å²) in [6.07, 6.45) is 0.806. The molecular formula is C20H20N4O2. The number of amides is 2. The fraction of sp³-hybridized carbons (Fsp3) is 0.250. The van der Waals surface area contributed by atoms with E-state index in [0.29, 0.717) is 17.8 Å². The molecule has 2 amide bonds. The fourth-order valence-electron chi connectivity index (χ4n) is 3.06. The van der Waals surface area contributed by atoms with Crippen molar-refractivity contribution in [2.24, 2.45) is 0 Å². The van der Waals surface area contributed by atoms with Crippen LogP contribution < -0.4 is 15.5 Å². The summed E-state index contributed by atoms with van der Waals surface area (Å²) in [6.45, 7) is 4.02. The van der Waals surface area contributed by atoms with Gasteiger partial charge in [0.1, 0.15) is 12.1 Å². The van der Waals surface area contributed by atoms with Crippen LogP contribution in [-0.4, -0.2) is 24.4 Å². The molecule has 1 heterocycles. The molecule has 0 fully saturated rings. The summed E-state index contributed by atoms with van der Waals surface area (Å²) >= 11 is 0. The highest BCUT2D eigenvalue weighted by Crippen LogP contribution is 2.30. The van der Waals surface area contributed by atoms with Gasteiger partial charge in [0.15, 0.2) is 0 Å². The van der Waals surface area contributed by atoms with Gasteiger partial charge in [0.05, 0.1) is 11.3 Å². The van der Waals surface area contributed by atoms with Gasteiger partial charge in [-0.15, -0.1) is 0 Å². The first-order valence-electron chi connectivity index (χ1n) is 8.47. The van der Waals surface area contributed by atoms with Gasteiger partial charge < -0.3 is 15.5 Å². The van der Waals surface area contributed by atoms with E-state index < -0.39 is 6.04 Å². The van der Waals surface area contributed by atoms with Crippen molar-refractivity contribution < 1.29 is 9.59 Å². The van der Waals surface area contributed by atoms with E-state index in [9.17, 15) is 9.59 Å². The number of nitrogens with one attached hydrogen (secondary N) is 2. The van der Waals surface area contributed by atoms with E-state index >= 15 is 0 Å². The first-order chi connectivity index (χ1) is 12.5. The molecule has 0 saturated heterocycles. The number of para-hydroxylation sites is 1. The quantitative estimate of drug-likeness (QED) is 0.890. The molecule has 26 heavy (non-hydrogen) atoms. The zero-order chi connectivity index (χ0) is 18.7. The molecule has 0 aromatic heterocycles. The highest BCUT2D eigenvalue weighted by molar-refractivity contribution is 5.97. The van der Waals surface area contributed by atoms with Crippen molar-refractivity contribution >= 4 is 28.9 Å². The molecule has 2 aromatic carbocycles. The summed E-state index contributed by atoms with van der Waals surface area (Å²) in [6, 6.07) is 14.2. The lowest BCUT2D eigenvalue weighted by atomic mass is 10.1. The average Bonchev–Trinajstić information content (AvgIpc) is 3.05. The second-order valence-electron chi connectivity index (χ2n) is 6.28. The third kappa shape index (κ3) is 3.52. The highest BCUT2D eigenvalue weighted by Gasteiger charge is 2.22.